The zero-order valence-corrected chi connectivity index (χ0v) is 12.4. The smallest absolute Gasteiger partial charge is 0.224 e. The first-order valence-corrected chi connectivity index (χ1v) is 6.72. The summed E-state index contributed by atoms with van der Waals surface area (Å²) in [6.45, 7) is 2.66. The molecule has 1 atom stereocenters. The van der Waals surface area contributed by atoms with Crippen molar-refractivity contribution in [2.45, 2.75) is 25.8 Å². The lowest BCUT2D eigenvalue weighted by molar-refractivity contribution is -0.121. The molecule has 3 nitrogen and oxygen atoms in total. The van der Waals surface area contributed by atoms with Gasteiger partial charge in [0.2, 0.25) is 5.91 Å². The van der Waals surface area contributed by atoms with Crippen molar-refractivity contribution in [2.24, 2.45) is 0 Å². The molecule has 1 rings (SSSR count). The van der Waals surface area contributed by atoms with E-state index >= 15 is 0 Å². The number of ether oxygens (including phenoxy) is 1. The second-order valence-electron chi connectivity index (χ2n) is 4.06. The fourth-order valence-corrected chi connectivity index (χ4v) is 2.13. The van der Waals surface area contributed by atoms with E-state index in [2.05, 4.69) is 27.9 Å². The van der Waals surface area contributed by atoms with Crippen LogP contribution in [0.3, 0.4) is 0 Å². The molecule has 0 spiro atoms. The summed E-state index contributed by atoms with van der Waals surface area (Å²) in [7, 11) is 1.67. The highest BCUT2D eigenvalue weighted by Crippen LogP contribution is 2.08. The van der Waals surface area contributed by atoms with Gasteiger partial charge in [-0.1, -0.05) is 12.1 Å². The Morgan fingerprint density at radius 2 is 2.29 bits per heavy atom. The molecule has 0 fully saturated rings. The molecule has 1 aromatic rings. The van der Waals surface area contributed by atoms with Crippen molar-refractivity contribution in [3.05, 3.63) is 33.4 Å². The van der Waals surface area contributed by atoms with Crippen LogP contribution in [0.5, 0.6) is 0 Å². The lowest BCUT2D eigenvalue weighted by Crippen LogP contribution is -2.34. The van der Waals surface area contributed by atoms with Crippen LogP contribution in [-0.2, 0) is 16.0 Å². The minimum atomic E-state index is 0.0654. The number of carbonyl (C=O) groups excluding carboxylic acids is 1. The molecule has 0 bridgehead atoms. The van der Waals surface area contributed by atoms with Crippen molar-refractivity contribution in [2.75, 3.05) is 13.7 Å². The van der Waals surface area contributed by atoms with Gasteiger partial charge in [-0.2, -0.15) is 0 Å². The van der Waals surface area contributed by atoms with E-state index in [1.807, 2.05) is 31.2 Å². The molecule has 0 aliphatic carbocycles. The third-order valence-electron chi connectivity index (χ3n) is 2.42. The highest BCUT2D eigenvalue weighted by molar-refractivity contribution is 14.1. The Balaban J connectivity index is 2.39. The maximum atomic E-state index is 11.7. The number of methoxy groups -OCH3 is 1. The summed E-state index contributed by atoms with van der Waals surface area (Å²) in [5, 5.41) is 2.96. The van der Waals surface area contributed by atoms with E-state index in [0.29, 0.717) is 13.0 Å². The minimum Gasteiger partial charge on any atom is -0.385 e. The van der Waals surface area contributed by atoms with E-state index in [4.69, 9.17) is 4.74 Å². The molecule has 0 saturated carbocycles. The molecule has 1 unspecified atom stereocenters. The average molecular weight is 347 g/mol. The van der Waals surface area contributed by atoms with Gasteiger partial charge in [0.1, 0.15) is 0 Å². The predicted octanol–water partition coefficient (Wildman–Crippen LogP) is 2.37. The molecule has 0 aliphatic rings. The third-order valence-corrected chi connectivity index (χ3v) is 3.09. The lowest BCUT2D eigenvalue weighted by atomic mass is 10.1. The number of hydrogen-bond acceptors (Lipinski definition) is 2. The molecule has 0 heterocycles. The fourth-order valence-electron chi connectivity index (χ4n) is 1.52. The summed E-state index contributed by atoms with van der Waals surface area (Å²) in [5.74, 6) is 0.0654. The number of halogens is 1. The zero-order chi connectivity index (χ0) is 12.7. The largest absolute Gasteiger partial charge is 0.385 e. The average Bonchev–Trinajstić information content (AvgIpc) is 2.26. The molecule has 0 radical (unpaired) electrons. The molecule has 0 aliphatic heterocycles. The summed E-state index contributed by atoms with van der Waals surface area (Å²) in [4.78, 5) is 11.7. The second-order valence-corrected chi connectivity index (χ2v) is 5.30. The van der Waals surface area contributed by atoms with Crippen LogP contribution < -0.4 is 5.32 Å². The zero-order valence-electron chi connectivity index (χ0n) is 10.2. The first-order valence-electron chi connectivity index (χ1n) is 5.64. The monoisotopic (exact) mass is 347 g/mol. The first-order chi connectivity index (χ1) is 8.11. The van der Waals surface area contributed by atoms with Gasteiger partial charge in [-0.25, -0.2) is 0 Å². The maximum Gasteiger partial charge on any atom is 0.224 e. The van der Waals surface area contributed by atoms with Gasteiger partial charge in [0.15, 0.2) is 0 Å². The van der Waals surface area contributed by atoms with Crippen LogP contribution in [0.2, 0.25) is 0 Å². The quantitative estimate of drug-likeness (QED) is 0.803. The second kappa shape index (κ2) is 7.66. The van der Waals surface area contributed by atoms with E-state index in [9.17, 15) is 4.79 Å². The highest BCUT2D eigenvalue weighted by atomic mass is 127. The van der Waals surface area contributed by atoms with Crippen molar-refractivity contribution >= 4 is 28.5 Å². The number of benzene rings is 1. The molecule has 0 aromatic heterocycles. The summed E-state index contributed by atoms with van der Waals surface area (Å²) in [6, 6.07) is 8.15. The SMILES string of the molecule is COCCC(C)NC(=O)Cc1cccc(I)c1. The fraction of sp³-hybridized carbons (Fsp3) is 0.462. The number of rotatable bonds is 6. The van der Waals surface area contributed by atoms with Gasteiger partial charge in [0.25, 0.3) is 0 Å². The van der Waals surface area contributed by atoms with Gasteiger partial charge >= 0.3 is 0 Å². The van der Waals surface area contributed by atoms with Crippen molar-refractivity contribution in [1.82, 2.24) is 5.32 Å². The Morgan fingerprint density at radius 3 is 2.94 bits per heavy atom. The van der Waals surface area contributed by atoms with Crippen molar-refractivity contribution < 1.29 is 9.53 Å². The minimum absolute atomic E-state index is 0.0654. The van der Waals surface area contributed by atoms with Crippen LogP contribution >= 0.6 is 22.6 Å². The van der Waals surface area contributed by atoms with E-state index < -0.39 is 0 Å². The summed E-state index contributed by atoms with van der Waals surface area (Å²) < 4.78 is 6.13. The van der Waals surface area contributed by atoms with Gasteiger partial charge < -0.3 is 10.1 Å². The molecule has 94 valence electrons. The molecular formula is C13H18INO2. The van der Waals surface area contributed by atoms with Gasteiger partial charge in [-0.15, -0.1) is 0 Å². The maximum absolute atomic E-state index is 11.7. The van der Waals surface area contributed by atoms with Crippen LogP contribution in [0, 0.1) is 3.57 Å². The number of nitrogens with one attached hydrogen (secondary N) is 1. The Morgan fingerprint density at radius 1 is 1.53 bits per heavy atom. The molecule has 1 aromatic carbocycles. The topological polar surface area (TPSA) is 38.3 Å². The number of hydrogen-bond donors (Lipinski definition) is 1. The van der Waals surface area contributed by atoms with Gasteiger partial charge in [0.05, 0.1) is 6.42 Å². The lowest BCUT2D eigenvalue weighted by Gasteiger charge is -2.13. The van der Waals surface area contributed by atoms with Crippen molar-refractivity contribution in [1.29, 1.82) is 0 Å². The van der Waals surface area contributed by atoms with E-state index in [0.717, 1.165) is 15.6 Å². The molecular weight excluding hydrogens is 329 g/mol. The van der Waals surface area contributed by atoms with E-state index in [1.54, 1.807) is 7.11 Å². The van der Waals surface area contributed by atoms with E-state index in [1.165, 1.54) is 0 Å². The first kappa shape index (κ1) is 14.4. The predicted molar refractivity (Wildman–Crippen MR) is 77.0 cm³/mol. The summed E-state index contributed by atoms with van der Waals surface area (Å²) >= 11 is 2.25. The molecule has 1 amide bonds. The molecule has 1 N–H and O–H groups in total. The van der Waals surface area contributed by atoms with Crippen LogP contribution in [0.1, 0.15) is 18.9 Å². The Labute approximate surface area is 116 Å². The van der Waals surface area contributed by atoms with Crippen LogP contribution in [0.25, 0.3) is 0 Å². The Kier molecular flexibility index (Phi) is 6.50. The normalized spacial score (nSPS) is 12.2. The van der Waals surface area contributed by atoms with Crippen molar-refractivity contribution in [3.63, 3.8) is 0 Å². The molecule has 0 saturated heterocycles. The van der Waals surface area contributed by atoms with E-state index in [-0.39, 0.29) is 11.9 Å². The number of amides is 1. The Hall–Kier alpha value is -0.620. The summed E-state index contributed by atoms with van der Waals surface area (Å²) in [5.41, 5.74) is 1.05. The summed E-state index contributed by atoms with van der Waals surface area (Å²) in [6.07, 6.45) is 1.28. The van der Waals surface area contributed by atoms with Gasteiger partial charge in [0, 0.05) is 23.3 Å². The molecule has 17 heavy (non-hydrogen) atoms. The van der Waals surface area contributed by atoms with Gasteiger partial charge in [-0.05, 0) is 53.6 Å². The van der Waals surface area contributed by atoms with Crippen molar-refractivity contribution in [3.8, 4) is 0 Å². The van der Waals surface area contributed by atoms with Crippen LogP contribution in [0.15, 0.2) is 24.3 Å². The van der Waals surface area contributed by atoms with Crippen LogP contribution in [0.4, 0.5) is 0 Å². The Bertz CT molecular complexity index is 368. The standard InChI is InChI=1S/C13H18INO2/c1-10(6-7-17-2)15-13(16)9-11-4-3-5-12(14)8-11/h3-5,8,10H,6-7,9H2,1-2H3,(H,15,16). The third kappa shape index (κ3) is 6.02. The van der Waals surface area contributed by atoms with Crippen LogP contribution in [-0.4, -0.2) is 25.7 Å². The van der Waals surface area contributed by atoms with Gasteiger partial charge in [-0.3, -0.25) is 4.79 Å². The molecule has 4 heteroatoms. The number of carbonyl (C=O) groups is 1. The highest BCUT2D eigenvalue weighted by Gasteiger charge is 2.07.